The van der Waals surface area contributed by atoms with E-state index in [0.29, 0.717) is 11.3 Å². The lowest BCUT2D eigenvalue weighted by atomic mass is 10.1. The van der Waals surface area contributed by atoms with Gasteiger partial charge in [0.15, 0.2) is 0 Å². The molecule has 0 saturated carbocycles. The van der Waals surface area contributed by atoms with Crippen LogP contribution in [0.3, 0.4) is 0 Å². The molecule has 2 aromatic rings. The lowest BCUT2D eigenvalue weighted by molar-refractivity contribution is 0.148. The number of aliphatic hydroxyl groups is 1. The number of nitrogens with zero attached hydrogens (tertiary/aromatic N) is 3. The Morgan fingerprint density at radius 3 is 2.70 bits per heavy atom. The molecule has 0 unspecified atom stereocenters. The first-order chi connectivity index (χ1) is 10.9. The van der Waals surface area contributed by atoms with E-state index in [1.165, 1.54) is 20.4 Å². The summed E-state index contributed by atoms with van der Waals surface area (Å²) in [5.41, 5.74) is -0.0915. The van der Waals surface area contributed by atoms with Crippen molar-refractivity contribution >= 4 is 0 Å². The Morgan fingerprint density at radius 2 is 2.09 bits per heavy atom. The molecule has 7 nitrogen and oxygen atoms in total. The Hall–Kier alpha value is -2.85. The third kappa shape index (κ3) is 3.17. The summed E-state index contributed by atoms with van der Waals surface area (Å²) in [5.74, 6) is 0.462. The largest absolute Gasteiger partial charge is 0.496 e. The van der Waals surface area contributed by atoms with Crippen molar-refractivity contribution in [1.82, 2.24) is 9.13 Å². The summed E-state index contributed by atoms with van der Waals surface area (Å²) in [6.45, 7) is 1.60. The molecular weight excluding hydrogens is 298 g/mol. The molecule has 23 heavy (non-hydrogen) atoms. The maximum absolute atomic E-state index is 12.1. The third-order valence-electron chi connectivity index (χ3n) is 3.55. The number of ether oxygens (including phenoxy) is 1. The van der Waals surface area contributed by atoms with E-state index in [9.17, 15) is 14.7 Å². The fourth-order valence-electron chi connectivity index (χ4n) is 2.35. The van der Waals surface area contributed by atoms with Crippen LogP contribution in [0.15, 0.2) is 34.0 Å². The number of rotatable bonds is 4. The summed E-state index contributed by atoms with van der Waals surface area (Å²) in [7, 11) is 2.92. The first kappa shape index (κ1) is 16.5. The molecule has 0 radical (unpaired) electrons. The predicted octanol–water partition coefficient (Wildman–Crippen LogP) is 0.469. The molecule has 0 saturated heterocycles. The van der Waals surface area contributed by atoms with Crippen molar-refractivity contribution in [3.05, 3.63) is 61.9 Å². The summed E-state index contributed by atoms with van der Waals surface area (Å²) in [5, 5.41) is 19.4. The van der Waals surface area contributed by atoms with Crippen LogP contribution in [0.2, 0.25) is 0 Å². The van der Waals surface area contributed by atoms with E-state index in [-0.39, 0.29) is 12.1 Å². The molecule has 1 N–H and O–H groups in total. The van der Waals surface area contributed by atoms with Gasteiger partial charge in [-0.15, -0.1) is 0 Å². The summed E-state index contributed by atoms with van der Waals surface area (Å²) in [6, 6.07) is 7.02. The van der Waals surface area contributed by atoms with Crippen molar-refractivity contribution in [3.63, 3.8) is 0 Å². The number of aliphatic hydroxyl groups excluding tert-OH is 1. The van der Waals surface area contributed by atoms with E-state index in [4.69, 9.17) is 10.00 Å². The molecule has 1 aromatic heterocycles. The number of hydrogen-bond donors (Lipinski definition) is 1. The standard InChI is InChI=1S/C16H17N3O4/c1-10-4-5-14(23-3)12(6-10)13(20)9-19-15(21)11(7-17)8-18(2)16(19)22/h4-6,8,13,20H,9H2,1-3H3/t13-/m0/s1. The molecule has 7 heteroatoms. The Kier molecular flexibility index (Phi) is 4.67. The average Bonchev–Trinajstić information content (AvgIpc) is 2.54. The minimum Gasteiger partial charge on any atom is -0.496 e. The summed E-state index contributed by atoms with van der Waals surface area (Å²) in [6.07, 6.45) is 0.0602. The third-order valence-corrected chi connectivity index (χ3v) is 3.55. The smallest absolute Gasteiger partial charge is 0.330 e. The zero-order valence-electron chi connectivity index (χ0n) is 13.1. The second kappa shape index (κ2) is 6.50. The fourth-order valence-corrected chi connectivity index (χ4v) is 2.35. The maximum atomic E-state index is 12.1. The van der Waals surface area contributed by atoms with Crippen LogP contribution in [0, 0.1) is 18.3 Å². The molecule has 0 amide bonds. The summed E-state index contributed by atoms with van der Waals surface area (Å²) >= 11 is 0. The number of hydrogen-bond acceptors (Lipinski definition) is 5. The van der Waals surface area contributed by atoms with Crippen LogP contribution in [-0.2, 0) is 13.6 Å². The van der Waals surface area contributed by atoms with Gasteiger partial charge in [0.2, 0.25) is 0 Å². The van der Waals surface area contributed by atoms with Gasteiger partial charge >= 0.3 is 5.69 Å². The number of aromatic nitrogens is 2. The summed E-state index contributed by atoms with van der Waals surface area (Å²) < 4.78 is 7.20. The highest BCUT2D eigenvalue weighted by molar-refractivity contribution is 5.38. The van der Waals surface area contributed by atoms with Crippen molar-refractivity contribution in [1.29, 1.82) is 5.26 Å². The first-order valence-corrected chi connectivity index (χ1v) is 6.92. The molecule has 0 aliphatic rings. The second-order valence-corrected chi connectivity index (χ2v) is 5.23. The minimum atomic E-state index is -1.12. The van der Waals surface area contributed by atoms with Crippen molar-refractivity contribution in [2.75, 3.05) is 7.11 Å². The van der Waals surface area contributed by atoms with Gasteiger partial charge in [0.05, 0.1) is 13.7 Å². The van der Waals surface area contributed by atoms with Crippen LogP contribution in [0.5, 0.6) is 5.75 Å². The molecule has 2 rings (SSSR count). The number of nitriles is 1. The van der Waals surface area contributed by atoms with Gasteiger partial charge in [-0.05, 0) is 19.1 Å². The van der Waals surface area contributed by atoms with Gasteiger partial charge in [-0.1, -0.05) is 11.6 Å². The number of methoxy groups -OCH3 is 1. The van der Waals surface area contributed by atoms with Crippen molar-refractivity contribution in [2.45, 2.75) is 19.6 Å². The van der Waals surface area contributed by atoms with E-state index < -0.39 is 17.4 Å². The lowest BCUT2D eigenvalue weighted by Crippen LogP contribution is -2.41. The van der Waals surface area contributed by atoms with Crippen LogP contribution in [-0.4, -0.2) is 21.4 Å². The van der Waals surface area contributed by atoms with Crippen LogP contribution >= 0.6 is 0 Å². The molecule has 1 atom stereocenters. The van der Waals surface area contributed by atoms with Gasteiger partial charge in [-0.2, -0.15) is 5.26 Å². The monoisotopic (exact) mass is 315 g/mol. The van der Waals surface area contributed by atoms with Gasteiger partial charge in [0.1, 0.15) is 23.5 Å². The topological polar surface area (TPSA) is 97.2 Å². The van der Waals surface area contributed by atoms with Gasteiger partial charge in [-0.25, -0.2) is 4.79 Å². The van der Waals surface area contributed by atoms with Gasteiger partial charge in [0, 0.05) is 18.8 Å². The molecular formula is C16H17N3O4. The van der Waals surface area contributed by atoms with Crippen LogP contribution < -0.4 is 16.0 Å². The van der Waals surface area contributed by atoms with E-state index in [1.54, 1.807) is 18.2 Å². The fraction of sp³-hybridized carbons (Fsp3) is 0.312. The highest BCUT2D eigenvalue weighted by Gasteiger charge is 2.18. The first-order valence-electron chi connectivity index (χ1n) is 6.92. The highest BCUT2D eigenvalue weighted by atomic mass is 16.5. The molecule has 0 bridgehead atoms. The predicted molar refractivity (Wildman–Crippen MR) is 83.3 cm³/mol. The molecule has 120 valence electrons. The number of aryl methyl sites for hydroxylation is 2. The van der Waals surface area contributed by atoms with E-state index in [0.717, 1.165) is 14.7 Å². The quantitative estimate of drug-likeness (QED) is 0.884. The SMILES string of the molecule is COc1ccc(C)cc1[C@@H](O)Cn1c(=O)c(C#N)cn(C)c1=O. The van der Waals surface area contributed by atoms with Crippen LogP contribution in [0.25, 0.3) is 0 Å². The zero-order valence-corrected chi connectivity index (χ0v) is 13.1. The maximum Gasteiger partial charge on any atom is 0.330 e. The molecule has 1 heterocycles. The van der Waals surface area contributed by atoms with Gasteiger partial charge in [-0.3, -0.25) is 9.36 Å². The van der Waals surface area contributed by atoms with Gasteiger partial charge in [0.25, 0.3) is 5.56 Å². The molecule has 1 aromatic carbocycles. The van der Waals surface area contributed by atoms with E-state index in [1.807, 2.05) is 13.0 Å². The Labute approximate surface area is 132 Å². The Morgan fingerprint density at radius 1 is 1.39 bits per heavy atom. The van der Waals surface area contributed by atoms with Crippen molar-refractivity contribution in [2.24, 2.45) is 7.05 Å². The Bertz CT molecular complexity index is 890. The molecule has 0 fully saturated rings. The van der Waals surface area contributed by atoms with Crippen LogP contribution in [0.1, 0.15) is 22.8 Å². The van der Waals surface area contributed by atoms with Crippen LogP contribution in [0.4, 0.5) is 0 Å². The average molecular weight is 315 g/mol. The highest BCUT2D eigenvalue weighted by Crippen LogP contribution is 2.26. The van der Waals surface area contributed by atoms with Crippen molar-refractivity contribution < 1.29 is 9.84 Å². The number of benzene rings is 1. The minimum absolute atomic E-state index is 0.157. The van der Waals surface area contributed by atoms with Gasteiger partial charge < -0.3 is 14.4 Å². The lowest BCUT2D eigenvalue weighted by Gasteiger charge is -2.17. The normalized spacial score (nSPS) is 11.8. The summed E-state index contributed by atoms with van der Waals surface area (Å²) in [4.78, 5) is 24.3. The van der Waals surface area contributed by atoms with E-state index in [2.05, 4.69) is 0 Å². The van der Waals surface area contributed by atoms with E-state index >= 15 is 0 Å². The zero-order chi connectivity index (χ0) is 17.1. The Balaban J connectivity index is 2.50. The molecule has 0 aliphatic carbocycles. The second-order valence-electron chi connectivity index (χ2n) is 5.23. The molecule has 0 spiro atoms. The molecule has 0 aliphatic heterocycles. The van der Waals surface area contributed by atoms with Crippen molar-refractivity contribution in [3.8, 4) is 11.8 Å².